The van der Waals surface area contributed by atoms with Crippen LogP contribution in [0.2, 0.25) is 0 Å². The zero-order chi connectivity index (χ0) is 18.1. The first kappa shape index (κ1) is 18.6. The summed E-state index contributed by atoms with van der Waals surface area (Å²) in [5.74, 6) is 0.690. The summed E-state index contributed by atoms with van der Waals surface area (Å²) in [7, 11) is 1.32. The van der Waals surface area contributed by atoms with Crippen molar-refractivity contribution in [3.05, 3.63) is 54.0 Å². The van der Waals surface area contributed by atoms with Crippen LogP contribution in [-0.4, -0.2) is 37.0 Å². The smallest absolute Gasteiger partial charge is 0.307 e. The minimum Gasteiger partial charge on any atom is -0.484 e. The number of nitrogens with zero attached hydrogens (tertiary/aromatic N) is 1. The quantitative estimate of drug-likeness (QED) is 0.654. The van der Waals surface area contributed by atoms with Crippen LogP contribution in [0.4, 0.5) is 0 Å². The molecule has 0 atom stereocenters. The van der Waals surface area contributed by atoms with E-state index >= 15 is 0 Å². The molecule has 6 nitrogen and oxygen atoms in total. The molecule has 6 heteroatoms. The number of amides is 1. The summed E-state index contributed by atoms with van der Waals surface area (Å²) in [6.45, 7) is 2.49. The van der Waals surface area contributed by atoms with Crippen molar-refractivity contribution in [1.82, 2.24) is 4.90 Å². The van der Waals surface area contributed by atoms with Gasteiger partial charge in [-0.25, -0.2) is 0 Å². The van der Waals surface area contributed by atoms with Gasteiger partial charge < -0.3 is 18.8 Å². The van der Waals surface area contributed by atoms with Gasteiger partial charge >= 0.3 is 5.97 Å². The summed E-state index contributed by atoms with van der Waals surface area (Å²) < 4.78 is 15.5. The van der Waals surface area contributed by atoms with Crippen LogP contribution in [0.25, 0.3) is 0 Å². The van der Waals surface area contributed by atoms with Gasteiger partial charge in [0, 0.05) is 6.54 Å². The standard InChI is InChI=1S/C19H23NO5/c1-3-15-6-8-16(9-7-15)25-14-18(21)20(11-10-19(22)23-2)13-17-5-4-12-24-17/h4-9,12H,3,10-11,13-14H2,1-2H3. The number of aryl methyl sites for hydroxylation is 1. The van der Waals surface area contributed by atoms with E-state index in [4.69, 9.17) is 9.15 Å². The first-order chi connectivity index (χ1) is 12.1. The molecular formula is C19H23NO5. The third kappa shape index (κ3) is 5.99. The van der Waals surface area contributed by atoms with Gasteiger partial charge in [0.05, 0.1) is 26.3 Å². The molecule has 0 N–H and O–H groups in total. The van der Waals surface area contributed by atoms with Crippen molar-refractivity contribution in [2.45, 2.75) is 26.3 Å². The average Bonchev–Trinajstić information content (AvgIpc) is 3.16. The number of hydrogen-bond acceptors (Lipinski definition) is 5. The Morgan fingerprint density at radius 1 is 1.16 bits per heavy atom. The van der Waals surface area contributed by atoms with Gasteiger partial charge in [-0.15, -0.1) is 0 Å². The topological polar surface area (TPSA) is 69.0 Å². The van der Waals surface area contributed by atoms with Crippen LogP contribution in [0.1, 0.15) is 24.7 Å². The molecule has 0 aliphatic heterocycles. The lowest BCUT2D eigenvalue weighted by Gasteiger charge is -2.21. The number of furan rings is 1. The molecule has 0 spiro atoms. The summed E-state index contributed by atoms with van der Waals surface area (Å²) in [5.41, 5.74) is 1.20. The molecule has 0 bridgehead atoms. The summed E-state index contributed by atoms with van der Waals surface area (Å²) >= 11 is 0. The van der Waals surface area contributed by atoms with Gasteiger partial charge in [0.25, 0.3) is 5.91 Å². The molecule has 0 aliphatic rings. The lowest BCUT2D eigenvalue weighted by Crippen LogP contribution is -2.36. The van der Waals surface area contributed by atoms with Gasteiger partial charge in [-0.05, 0) is 36.2 Å². The molecule has 1 heterocycles. The Bertz CT molecular complexity index is 664. The largest absolute Gasteiger partial charge is 0.484 e. The van der Waals surface area contributed by atoms with Crippen LogP contribution >= 0.6 is 0 Å². The molecule has 0 saturated heterocycles. The highest BCUT2D eigenvalue weighted by Gasteiger charge is 2.17. The lowest BCUT2D eigenvalue weighted by molar-refractivity contribution is -0.142. The summed E-state index contributed by atoms with van der Waals surface area (Å²) in [6, 6.07) is 11.2. The van der Waals surface area contributed by atoms with Crippen molar-refractivity contribution in [3.8, 4) is 5.75 Å². The number of ether oxygens (including phenoxy) is 2. The first-order valence-corrected chi connectivity index (χ1v) is 8.21. The van der Waals surface area contributed by atoms with Crippen LogP contribution in [0.15, 0.2) is 47.1 Å². The molecule has 0 saturated carbocycles. The second-order valence-corrected chi connectivity index (χ2v) is 5.51. The maximum Gasteiger partial charge on any atom is 0.307 e. The zero-order valence-electron chi connectivity index (χ0n) is 14.6. The Morgan fingerprint density at radius 2 is 1.92 bits per heavy atom. The molecule has 1 aromatic heterocycles. The minimum atomic E-state index is -0.367. The number of hydrogen-bond donors (Lipinski definition) is 0. The molecule has 1 amide bonds. The normalized spacial score (nSPS) is 10.3. The molecule has 1 aromatic carbocycles. The number of methoxy groups -OCH3 is 1. The molecule has 2 rings (SSSR count). The predicted molar refractivity (Wildman–Crippen MR) is 92.1 cm³/mol. The van der Waals surface area contributed by atoms with Crippen molar-refractivity contribution in [2.24, 2.45) is 0 Å². The Balaban J connectivity index is 1.93. The SMILES string of the molecule is CCc1ccc(OCC(=O)N(CCC(=O)OC)Cc2ccco2)cc1. The van der Waals surface area contributed by atoms with Crippen LogP contribution in [-0.2, 0) is 27.3 Å². The van der Waals surface area contributed by atoms with E-state index in [1.807, 2.05) is 24.3 Å². The lowest BCUT2D eigenvalue weighted by atomic mass is 10.2. The molecule has 134 valence electrons. The number of carbonyl (C=O) groups is 2. The fraction of sp³-hybridized carbons (Fsp3) is 0.368. The third-order valence-corrected chi connectivity index (χ3v) is 3.79. The maximum atomic E-state index is 12.5. The fourth-order valence-electron chi connectivity index (χ4n) is 2.27. The van der Waals surface area contributed by atoms with E-state index in [0.29, 0.717) is 11.5 Å². The Kier molecular flexibility index (Phi) is 7.07. The number of rotatable bonds is 9. The second kappa shape index (κ2) is 9.52. The van der Waals surface area contributed by atoms with Gasteiger partial charge in [0.2, 0.25) is 0 Å². The van der Waals surface area contributed by atoms with E-state index in [0.717, 1.165) is 6.42 Å². The maximum absolute atomic E-state index is 12.5. The van der Waals surface area contributed by atoms with Gasteiger partial charge in [-0.2, -0.15) is 0 Å². The summed E-state index contributed by atoms with van der Waals surface area (Å²) in [6.07, 6.45) is 2.61. The van der Waals surface area contributed by atoms with E-state index < -0.39 is 0 Å². The van der Waals surface area contributed by atoms with Gasteiger partial charge in [0.1, 0.15) is 11.5 Å². The van der Waals surface area contributed by atoms with Crippen LogP contribution in [0.5, 0.6) is 5.75 Å². The van der Waals surface area contributed by atoms with Crippen molar-refractivity contribution in [1.29, 1.82) is 0 Å². The van der Waals surface area contributed by atoms with Gasteiger partial charge in [-0.3, -0.25) is 9.59 Å². The average molecular weight is 345 g/mol. The second-order valence-electron chi connectivity index (χ2n) is 5.51. The fourth-order valence-corrected chi connectivity index (χ4v) is 2.27. The molecule has 0 fully saturated rings. The highest BCUT2D eigenvalue weighted by Crippen LogP contribution is 2.13. The van der Waals surface area contributed by atoms with E-state index in [1.54, 1.807) is 18.4 Å². The highest BCUT2D eigenvalue weighted by atomic mass is 16.5. The van der Waals surface area contributed by atoms with Gasteiger partial charge in [0.15, 0.2) is 6.61 Å². The Morgan fingerprint density at radius 3 is 2.52 bits per heavy atom. The van der Waals surface area contributed by atoms with E-state index in [2.05, 4.69) is 11.7 Å². The van der Waals surface area contributed by atoms with Crippen LogP contribution < -0.4 is 4.74 Å². The van der Waals surface area contributed by atoms with Crippen molar-refractivity contribution >= 4 is 11.9 Å². The predicted octanol–water partition coefficient (Wildman–Crippen LogP) is 2.81. The summed E-state index contributed by atoms with van der Waals surface area (Å²) in [4.78, 5) is 25.4. The number of esters is 1. The Labute approximate surface area is 147 Å². The highest BCUT2D eigenvalue weighted by molar-refractivity contribution is 5.78. The van der Waals surface area contributed by atoms with Crippen molar-refractivity contribution in [3.63, 3.8) is 0 Å². The van der Waals surface area contributed by atoms with Crippen LogP contribution in [0.3, 0.4) is 0 Å². The minimum absolute atomic E-state index is 0.104. The molecule has 0 unspecified atom stereocenters. The molecular weight excluding hydrogens is 322 g/mol. The molecule has 2 aromatic rings. The Hall–Kier alpha value is -2.76. The number of carbonyl (C=O) groups excluding carboxylic acids is 2. The van der Waals surface area contributed by atoms with Crippen molar-refractivity contribution < 1.29 is 23.5 Å². The van der Waals surface area contributed by atoms with Crippen molar-refractivity contribution in [2.75, 3.05) is 20.3 Å². The van der Waals surface area contributed by atoms with Crippen LogP contribution in [0, 0.1) is 0 Å². The summed E-state index contributed by atoms with van der Waals surface area (Å²) in [5, 5.41) is 0. The van der Waals surface area contributed by atoms with E-state index in [1.165, 1.54) is 17.6 Å². The van der Waals surface area contributed by atoms with E-state index in [-0.39, 0.29) is 38.0 Å². The molecule has 0 radical (unpaired) electrons. The van der Waals surface area contributed by atoms with E-state index in [9.17, 15) is 9.59 Å². The third-order valence-electron chi connectivity index (χ3n) is 3.79. The first-order valence-electron chi connectivity index (χ1n) is 8.21. The monoisotopic (exact) mass is 345 g/mol. The van der Waals surface area contributed by atoms with Gasteiger partial charge in [-0.1, -0.05) is 19.1 Å². The number of benzene rings is 1. The zero-order valence-corrected chi connectivity index (χ0v) is 14.6. The molecule has 25 heavy (non-hydrogen) atoms. The molecule has 0 aliphatic carbocycles.